The zero-order valence-corrected chi connectivity index (χ0v) is 16.7. The molecular formula is C22H25N5O2. The fourth-order valence-electron chi connectivity index (χ4n) is 3.29. The van der Waals surface area contributed by atoms with Crippen LogP contribution in [-0.2, 0) is 0 Å². The lowest BCUT2D eigenvalue weighted by Gasteiger charge is -2.36. The summed E-state index contributed by atoms with van der Waals surface area (Å²) in [4.78, 5) is 33.6. The molecule has 1 aliphatic heterocycles. The Bertz CT molecular complexity index is 884. The van der Waals surface area contributed by atoms with E-state index in [1.54, 1.807) is 35.4 Å². The molecule has 29 heavy (non-hydrogen) atoms. The normalized spacial score (nSPS) is 15.9. The lowest BCUT2D eigenvalue weighted by molar-refractivity contribution is 0.0907. The van der Waals surface area contributed by atoms with Gasteiger partial charge in [-0.3, -0.25) is 4.79 Å². The number of nitrogens with zero attached hydrogens (tertiary/aromatic N) is 4. The third-order valence-electron chi connectivity index (χ3n) is 5.35. The Hall–Kier alpha value is -3.40. The average molecular weight is 391 g/mol. The maximum absolute atomic E-state index is 12.7. The molecule has 0 spiro atoms. The highest BCUT2D eigenvalue weighted by Crippen LogP contribution is 2.15. The summed E-state index contributed by atoms with van der Waals surface area (Å²) in [6.07, 6.45) is 1.77. The number of aromatic nitrogens is 1. The molecule has 7 nitrogen and oxygen atoms in total. The summed E-state index contributed by atoms with van der Waals surface area (Å²) < 4.78 is 0. The second-order valence-corrected chi connectivity index (χ2v) is 7.24. The number of carbonyl (C=O) groups excluding carboxylic acids is 2. The standard InChI is InChI=1S/C22H25N5O2/c1-16(21(28)19-8-6-18(15-23)7-9-19)17(2)25-22(29)27-13-11-26(12-14-27)20-5-3-4-10-24-20/h3-10,16-17H,11-14H2,1-2H3,(H,25,29). The first-order chi connectivity index (χ1) is 14.0. The van der Waals surface area contributed by atoms with Crippen molar-refractivity contribution in [2.24, 2.45) is 5.92 Å². The van der Waals surface area contributed by atoms with Gasteiger partial charge < -0.3 is 15.1 Å². The molecule has 0 aliphatic carbocycles. The van der Waals surface area contributed by atoms with E-state index in [1.807, 2.05) is 38.1 Å². The molecule has 3 rings (SSSR count). The van der Waals surface area contributed by atoms with E-state index in [1.165, 1.54) is 0 Å². The lowest BCUT2D eigenvalue weighted by atomic mass is 9.93. The summed E-state index contributed by atoms with van der Waals surface area (Å²) in [6, 6.07) is 14.0. The van der Waals surface area contributed by atoms with Crippen molar-refractivity contribution in [3.05, 3.63) is 59.8 Å². The third kappa shape index (κ3) is 4.91. The predicted molar refractivity (Wildman–Crippen MR) is 111 cm³/mol. The molecule has 2 atom stereocenters. The summed E-state index contributed by atoms with van der Waals surface area (Å²) in [5, 5.41) is 11.8. The SMILES string of the molecule is CC(NC(=O)N1CCN(c2ccccn2)CC1)C(C)C(=O)c1ccc(C#N)cc1. The van der Waals surface area contributed by atoms with Gasteiger partial charge in [0.2, 0.25) is 0 Å². The van der Waals surface area contributed by atoms with Crippen molar-refractivity contribution in [2.75, 3.05) is 31.1 Å². The highest BCUT2D eigenvalue weighted by Gasteiger charge is 2.27. The summed E-state index contributed by atoms with van der Waals surface area (Å²) in [5.74, 6) is 0.492. The van der Waals surface area contributed by atoms with Crippen molar-refractivity contribution in [2.45, 2.75) is 19.9 Å². The second kappa shape index (κ2) is 9.20. The van der Waals surface area contributed by atoms with E-state index in [0.29, 0.717) is 24.2 Å². The first kappa shape index (κ1) is 20.3. The Labute approximate surface area is 171 Å². The molecule has 2 heterocycles. The molecule has 7 heteroatoms. The number of piperazine rings is 1. The minimum atomic E-state index is -0.373. The summed E-state index contributed by atoms with van der Waals surface area (Å²) in [5.41, 5.74) is 1.06. The van der Waals surface area contributed by atoms with Gasteiger partial charge >= 0.3 is 6.03 Å². The smallest absolute Gasteiger partial charge is 0.317 e. The van der Waals surface area contributed by atoms with Gasteiger partial charge in [-0.15, -0.1) is 0 Å². The van der Waals surface area contributed by atoms with Crippen LogP contribution in [0.1, 0.15) is 29.8 Å². The van der Waals surface area contributed by atoms with Crippen LogP contribution in [0, 0.1) is 17.2 Å². The van der Waals surface area contributed by atoms with Crippen LogP contribution in [-0.4, -0.2) is 53.9 Å². The Morgan fingerprint density at radius 3 is 2.34 bits per heavy atom. The number of carbonyl (C=O) groups is 2. The number of rotatable bonds is 5. The van der Waals surface area contributed by atoms with Crippen molar-refractivity contribution in [3.8, 4) is 6.07 Å². The molecule has 0 saturated carbocycles. The van der Waals surface area contributed by atoms with E-state index < -0.39 is 0 Å². The van der Waals surface area contributed by atoms with E-state index in [0.717, 1.165) is 18.9 Å². The number of hydrogen-bond acceptors (Lipinski definition) is 5. The van der Waals surface area contributed by atoms with E-state index in [9.17, 15) is 9.59 Å². The van der Waals surface area contributed by atoms with Gasteiger partial charge in [0.05, 0.1) is 11.6 Å². The van der Waals surface area contributed by atoms with Gasteiger partial charge in [-0.25, -0.2) is 9.78 Å². The highest BCUT2D eigenvalue weighted by molar-refractivity contribution is 5.98. The maximum atomic E-state index is 12.7. The lowest BCUT2D eigenvalue weighted by Crippen LogP contribution is -2.54. The van der Waals surface area contributed by atoms with Crippen molar-refractivity contribution in [3.63, 3.8) is 0 Å². The number of amides is 2. The number of nitrogens with one attached hydrogen (secondary N) is 1. The largest absolute Gasteiger partial charge is 0.353 e. The summed E-state index contributed by atoms with van der Waals surface area (Å²) >= 11 is 0. The number of anilines is 1. The topological polar surface area (TPSA) is 89.3 Å². The molecule has 1 aromatic carbocycles. The molecule has 0 radical (unpaired) electrons. The van der Waals surface area contributed by atoms with Gasteiger partial charge in [-0.1, -0.05) is 25.1 Å². The molecule has 1 saturated heterocycles. The third-order valence-corrected chi connectivity index (χ3v) is 5.35. The quantitative estimate of drug-likeness (QED) is 0.792. The number of pyridine rings is 1. The minimum Gasteiger partial charge on any atom is -0.353 e. The van der Waals surface area contributed by atoms with Crippen molar-refractivity contribution < 1.29 is 9.59 Å². The van der Waals surface area contributed by atoms with Crippen molar-refractivity contribution >= 4 is 17.6 Å². The van der Waals surface area contributed by atoms with Crippen LogP contribution < -0.4 is 10.2 Å². The number of benzene rings is 1. The molecular weight excluding hydrogens is 366 g/mol. The fraction of sp³-hybridized carbons (Fsp3) is 0.364. The van der Waals surface area contributed by atoms with Crippen molar-refractivity contribution in [1.82, 2.24) is 15.2 Å². The Morgan fingerprint density at radius 1 is 1.07 bits per heavy atom. The van der Waals surface area contributed by atoms with Crippen LogP contribution in [0.25, 0.3) is 0 Å². The first-order valence-corrected chi connectivity index (χ1v) is 9.75. The zero-order valence-electron chi connectivity index (χ0n) is 16.7. The molecule has 0 bridgehead atoms. The average Bonchev–Trinajstić information content (AvgIpc) is 2.78. The Kier molecular flexibility index (Phi) is 6.45. The monoisotopic (exact) mass is 391 g/mol. The number of ketones is 1. The number of urea groups is 1. The molecule has 150 valence electrons. The number of nitriles is 1. The molecule has 1 fully saturated rings. The van der Waals surface area contributed by atoms with Crippen LogP contribution in [0.15, 0.2) is 48.7 Å². The van der Waals surface area contributed by atoms with Crippen molar-refractivity contribution in [1.29, 1.82) is 5.26 Å². The predicted octanol–water partition coefficient (Wildman–Crippen LogP) is 2.69. The minimum absolute atomic E-state index is 0.0535. The first-order valence-electron chi connectivity index (χ1n) is 9.75. The summed E-state index contributed by atoms with van der Waals surface area (Å²) in [6.45, 7) is 6.30. The van der Waals surface area contributed by atoms with Gasteiger partial charge in [-0.05, 0) is 31.2 Å². The summed E-state index contributed by atoms with van der Waals surface area (Å²) in [7, 11) is 0. The number of hydrogen-bond donors (Lipinski definition) is 1. The molecule has 1 N–H and O–H groups in total. The van der Waals surface area contributed by atoms with Gasteiger partial charge in [0.15, 0.2) is 5.78 Å². The van der Waals surface area contributed by atoms with Crippen LogP contribution in [0.5, 0.6) is 0 Å². The maximum Gasteiger partial charge on any atom is 0.317 e. The van der Waals surface area contributed by atoms with E-state index in [-0.39, 0.29) is 23.8 Å². The highest BCUT2D eigenvalue weighted by atomic mass is 16.2. The van der Waals surface area contributed by atoms with Crippen LogP contribution in [0.4, 0.5) is 10.6 Å². The van der Waals surface area contributed by atoms with Gasteiger partial charge in [0, 0.05) is 49.9 Å². The van der Waals surface area contributed by atoms with Gasteiger partial charge in [0.25, 0.3) is 0 Å². The molecule has 2 aromatic rings. The second-order valence-electron chi connectivity index (χ2n) is 7.24. The van der Waals surface area contributed by atoms with E-state index in [2.05, 4.69) is 15.2 Å². The van der Waals surface area contributed by atoms with Gasteiger partial charge in [0.1, 0.15) is 5.82 Å². The fourth-order valence-corrected chi connectivity index (χ4v) is 3.29. The van der Waals surface area contributed by atoms with Crippen LogP contribution in [0.3, 0.4) is 0 Å². The molecule has 2 amide bonds. The Balaban J connectivity index is 1.52. The zero-order chi connectivity index (χ0) is 20.8. The van der Waals surface area contributed by atoms with Crippen LogP contribution in [0.2, 0.25) is 0 Å². The van der Waals surface area contributed by atoms with Crippen LogP contribution >= 0.6 is 0 Å². The Morgan fingerprint density at radius 2 is 1.76 bits per heavy atom. The molecule has 1 aromatic heterocycles. The molecule has 1 aliphatic rings. The van der Waals surface area contributed by atoms with Gasteiger partial charge in [-0.2, -0.15) is 5.26 Å². The van der Waals surface area contributed by atoms with E-state index >= 15 is 0 Å². The molecule has 2 unspecified atom stereocenters. The number of Topliss-reactive ketones (excluding diaryl/α,β-unsaturated/α-hetero) is 1. The van der Waals surface area contributed by atoms with E-state index in [4.69, 9.17) is 5.26 Å².